The number of carbonyl (C=O) groups is 1. The number of esters is 1. The maximum absolute atomic E-state index is 12.0. The fourth-order valence-electron chi connectivity index (χ4n) is 2.66. The molecule has 0 radical (unpaired) electrons. The number of nitrogens with zero attached hydrogens (tertiary/aromatic N) is 1. The molecule has 0 heterocycles. The Kier molecular flexibility index (Phi) is 7.16. The van der Waals surface area contributed by atoms with Gasteiger partial charge in [-0.05, 0) is 38.8 Å². The molecule has 3 heteroatoms. The first kappa shape index (κ1) is 19.9. The summed E-state index contributed by atoms with van der Waals surface area (Å²) in [6.07, 6.45) is 3.46. The van der Waals surface area contributed by atoms with Gasteiger partial charge in [-0.1, -0.05) is 66.7 Å². The summed E-state index contributed by atoms with van der Waals surface area (Å²) < 4.78 is 5.36. The minimum atomic E-state index is -0.474. The molecule has 0 unspecified atom stereocenters. The fraction of sp³-hybridized carbons (Fsp3) is 0.348. The SMILES string of the molecule is C[C@H](/C=C\C(=O)OC(C)(C)C)N(Cc1ccccc1)Cc1ccccc1. The molecule has 1 atom stereocenters. The predicted molar refractivity (Wildman–Crippen MR) is 107 cm³/mol. The standard InChI is InChI=1S/C23H29NO2/c1-19(15-16-22(25)26-23(2,3)4)24(17-20-11-7-5-8-12-20)18-21-13-9-6-10-14-21/h5-16,19H,17-18H2,1-4H3/b16-15-/t19-/m1/s1. The van der Waals surface area contributed by atoms with Crippen molar-refractivity contribution in [1.82, 2.24) is 4.90 Å². The number of benzene rings is 2. The highest BCUT2D eigenvalue weighted by molar-refractivity contribution is 5.82. The summed E-state index contributed by atoms with van der Waals surface area (Å²) in [5, 5.41) is 0. The van der Waals surface area contributed by atoms with Crippen LogP contribution in [0.5, 0.6) is 0 Å². The third-order valence-electron chi connectivity index (χ3n) is 3.95. The molecule has 3 nitrogen and oxygen atoms in total. The lowest BCUT2D eigenvalue weighted by molar-refractivity contribution is -0.148. The largest absolute Gasteiger partial charge is 0.457 e. The van der Waals surface area contributed by atoms with Gasteiger partial charge in [0.25, 0.3) is 0 Å². The van der Waals surface area contributed by atoms with Gasteiger partial charge in [0, 0.05) is 25.2 Å². The first-order chi connectivity index (χ1) is 12.3. The van der Waals surface area contributed by atoms with E-state index in [2.05, 4.69) is 60.4 Å². The second kappa shape index (κ2) is 9.35. The summed E-state index contributed by atoms with van der Waals surface area (Å²) in [6, 6.07) is 20.9. The van der Waals surface area contributed by atoms with Crippen molar-refractivity contribution in [2.45, 2.75) is 52.4 Å². The molecule has 138 valence electrons. The zero-order valence-corrected chi connectivity index (χ0v) is 16.2. The zero-order valence-electron chi connectivity index (χ0n) is 16.2. The van der Waals surface area contributed by atoms with Crippen LogP contribution in [0.15, 0.2) is 72.8 Å². The topological polar surface area (TPSA) is 29.5 Å². The van der Waals surface area contributed by atoms with Gasteiger partial charge in [-0.3, -0.25) is 4.90 Å². The van der Waals surface area contributed by atoms with Crippen LogP contribution in [-0.4, -0.2) is 22.5 Å². The van der Waals surface area contributed by atoms with E-state index in [1.54, 1.807) is 6.08 Å². The van der Waals surface area contributed by atoms with Gasteiger partial charge < -0.3 is 4.74 Å². The average Bonchev–Trinajstić information content (AvgIpc) is 2.59. The van der Waals surface area contributed by atoms with E-state index in [1.165, 1.54) is 11.1 Å². The van der Waals surface area contributed by atoms with Crippen molar-refractivity contribution in [1.29, 1.82) is 0 Å². The van der Waals surface area contributed by atoms with Crippen LogP contribution >= 0.6 is 0 Å². The Morgan fingerprint density at radius 2 is 1.42 bits per heavy atom. The molecule has 2 aromatic rings. The maximum Gasteiger partial charge on any atom is 0.330 e. The molecule has 26 heavy (non-hydrogen) atoms. The molecule has 0 saturated heterocycles. The summed E-state index contributed by atoms with van der Waals surface area (Å²) in [7, 11) is 0. The molecule has 0 bridgehead atoms. The van der Waals surface area contributed by atoms with Crippen LogP contribution in [0.25, 0.3) is 0 Å². The second-order valence-corrected chi connectivity index (χ2v) is 7.51. The number of hydrogen-bond donors (Lipinski definition) is 0. The Balaban J connectivity index is 2.10. The summed E-state index contributed by atoms with van der Waals surface area (Å²) >= 11 is 0. The predicted octanol–water partition coefficient (Wildman–Crippen LogP) is 4.98. The maximum atomic E-state index is 12.0. The van der Waals surface area contributed by atoms with Crippen molar-refractivity contribution < 1.29 is 9.53 Å². The van der Waals surface area contributed by atoms with E-state index in [9.17, 15) is 4.79 Å². The highest BCUT2D eigenvalue weighted by Crippen LogP contribution is 2.15. The number of carbonyl (C=O) groups excluding carboxylic acids is 1. The van der Waals surface area contributed by atoms with Crippen LogP contribution in [0, 0.1) is 0 Å². The molecule has 2 rings (SSSR count). The number of rotatable bonds is 7. The molecule has 0 N–H and O–H groups in total. The van der Waals surface area contributed by atoms with Crippen LogP contribution in [0.4, 0.5) is 0 Å². The van der Waals surface area contributed by atoms with E-state index in [0.29, 0.717) is 0 Å². The minimum absolute atomic E-state index is 0.0999. The zero-order chi connectivity index (χ0) is 19.0. The normalized spacial score (nSPS) is 13.1. The molecule has 0 fully saturated rings. The van der Waals surface area contributed by atoms with Gasteiger partial charge in [-0.15, -0.1) is 0 Å². The van der Waals surface area contributed by atoms with Crippen LogP contribution in [0.1, 0.15) is 38.8 Å². The third-order valence-corrected chi connectivity index (χ3v) is 3.95. The number of ether oxygens (including phenoxy) is 1. The molecule has 0 aliphatic heterocycles. The van der Waals surface area contributed by atoms with Gasteiger partial charge in [0.1, 0.15) is 5.60 Å². The van der Waals surface area contributed by atoms with Crippen molar-refractivity contribution in [3.63, 3.8) is 0 Å². The van der Waals surface area contributed by atoms with E-state index in [4.69, 9.17) is 4.74 Å². The molecule has 0 aliphatic carbocycles. The van der Waals surface area contributed by atoms with E-state index in [-0.39, 0.29) is 12.0 Å². The van der Waals surface area contributed by atoms with E-state index < -0.39 is 5.60 Å². The molecule has 0 saturated carbocycles. The van der Waals surface area contributed by atoms with Gasteiger partial charge >= 0.3 is 5.97 Å². The highest BCUT2D eigenvalue weighted by Gasteiger charge is 2.16. The molecule has 0 aromatic heterocycles. The van der Waals surface area contributed by atoms with Gasteiger partial charge in [0.2, 0.25) is 0 Å². The van der Waals surface area contributed by atoms with Crippen LogP contribution in [0.3, 0.4) is 0 Å². The third kappa shape index (κ3) is 7.24. The van der Waals surface area contributed by atoms with Crippen molar-refractivity contribution in [3.05, 3.63) is 83.9 Å². The van der Waals surface area contributed by atoms with E-state index in [1.807, 2.05) is 39.0 Å². The van der Waals surface area contributed by atoms with Crippen LogP contribution < -0.4 is 0 Å². The Hall–Kier alpha value is -2.39. The summed E-state index contributed by atoms with van der Waals surface area (Å²) in [4.78, 5) is 14.3. The Morgan fingerprint density at radius 1 is 0.962 bits per heavy atom. The summed E-state index contributed by atoms with van der Waals surface area (Å²) in [6.45, 7) is 9.36. The van der Waals surface area contributed by atoms with Crippen molar-refractivity contribution >= 4 is 5.97 Å². The molecule has 0 spiro atoms. The highest BCUT2D eigenvalue weighted by atomic mass is 16.6. The first-order valence-electron chi connectivity index (χ1n) is 9.06. The molecule has 0 aliphatic rings. The lowest BCUT2D eigenvalue weighted by Crippen LogP contribution is -2.31. The Morgan fingerprint density at radius 3 is 1.85 bits per heavy atom. The van der Waals surface area contributed by atoms with Gasteiger partial charge in [-0.2, -0.15) is 0 Å². The quantitative estimate of drug-likeness (QED) is 0.521. The van der Waals surface area contributed by atoms with Crippen molar-refractivity contribution in [2.75, 3.05) is 0 Å². The Bertz CT molecular complexity index is 660. The lowest BCUT2D eigenvalue weighted by atomic mass is 10.1. The summed E-state index contributed by atoms with van der Waals surface area (Å²) in [5.41, 5.74) is 2.03. The Labute approximate surface area is 157 Å². The van der Waals surface area contributed by atoms with Crippen LogP contribution in [-0.2, 0) is 22.6 Å². The number of hydrogen-bond acceptors (Lipinski definition) is 3. The second-order valence-electron chi connectivity index (χ2n) is 7.51. The molecule has 2 aromatic carbocycles. The lowest BCUT2D eigenvalue weighted by Gasteiger charge is -2.27. The first-order valence-corrected chi connectivity index (χ1v) is 9.06. The van der Waals surface area contributed by atoms with E-state index >= 15 is 0 Å². The average molecular weight is 351 g/mol. The van der Waals surface area contributed by atoms with Crippen molar-refractivity contribution in [2.24, 2.45) is 0 Å². The minimum Gasteiger partial charge on any atom is -0.457 e. The molecule has 0 amide bonds. The fourth-order valence-corrected chi connectivity index (χ4v) is 2.66. The van der Waals surface area contributed by atoms with Crippen LogP contribution in [0.2, 0.25) is 0 Å². The van der Waals surface area contributed by atoms with Crippen molar-refractivity contribution in [3.8, 4) is 0 Å². The van der Waals surface area contributed by atoms with E-state index in [0.717, 1.165) is 13.1 Å². The molecular formula is C23H29NO2. The summed E-state index contributed by atoms with van der Waals surface area (Å²) in [5.74, 6) is -0.302. The van der Waals surface area contributed by atoms with Gasteiger partial charge in [-0.25, -0.2) is 4.79 Å². The monoisotopic (exact) mass is 351 g/mol. The van der Waals surface area contributed by atoms with Gasteiger partial charge in [0.15, 0.2) is 0 Å². The molecular weight excluding hydrogens is 322 g/mol. The smallest absolute Gasteiger partial charge is 0.330 e. The van der Waals surface area contributed by atoms with Gasteiger partial charge in [0.05, 0.1) is 0 Å².